The zero-order chi connectivity index (χ0) is 42.0. The normalized spacial score (nSPS) is 20.9. The Morgan fingerprint density at radius 1 is 0.508 bits per heavy atom. The number of nitrogens with zero attached hydrogens (tertiary/aromatic N) is 1. The van der Waals surface area contributed by atoms with Gasteiger partial charge < -0.3 is 31.3 Å². The molecule has 9 rings (SSSR count). The van der Waals surface area contributed by atoms with Gasteiger partial charge in [0.25, 0.3) is 0 Å². The lowest BCUT2D eigenvalue weighted by Crippen LogP contribution is -2.27. The number of fused-ring (bicyclic) bond motifs is 3. The Morgan fingerprint density at radius 3 is 1.08 bits per heavy atom. The summed E-state index contributed by atoms with van der Waals surface area (Å²) in [6, 6.07) is 26.5. The van der Waals surface area contributed by atoms with E-state index in [0.717, 1.165) is 89.3 Å². The maximum atomic E-state index is 12.3. The van der Waals surface area contributed by atoms with Crippen molar-refractivity contribution in [1.82, 2.24) is 20.9 Å². The van der Waals surface area contributed by atoms with E-state index in [-0.39, 0.29) is 17.8 Å². The minimum atomic E-state index is -0.714. The summed E-state index contributed by atoms with van der Waals surface area (Å²) in [7, 11) is 0. The molecule has 0 radical (unpaired) electrons. The molecule has 0 amide bonds. The van der Waals surface area contributed by atoms with Crippen molar-refractivity contribution in [3.8, 4) is 0 Å². The second-order valence-corrected chi connectivity index (χ2v) is 21.1. The number of thiophene rings is 3. The average molecular weight is 879 g/mol. The predicted molar refractivity (Wildman–Crippen MR) is 246 cm³/mol. The summed E-state index contributed by atoms with van der Waals surface area (Å²) >= 11 is 5.09. The number of hydrogen-bond donors (Lipinski definition) is 6. The second-order valence-electron chi connectivity index (χ2n) is 17.6. The van der Waals surface area contributed by atoms with Gasteiger partial charge in [-0.15, -0.1) is 34.0 Å². The average Bonchev–Trinajstić information content (AvgIpc) is 4.08. The van der Waals surface area contributed by atoms with Gasteiger partial charge in [-0.1, -0.05) is 18.2 Å². The van der Waals surface area contributed by atoms with Crippen molar-refractivity contribution in [2.24, 2.45) is 35.5 Å². The summed E-state index contributed by atoms with van der Waals surface area (Å²) in [5.74, 6) is -2.86. The highest BCUT2D eigenvalue weighted by Crippen LogP contribution is 2.36. The van der Waals surface area contributed by atoms with E-state index in [1.807, 2.05) is 0 Å². The molecule has 10 nitrogen and oxygen atoms in total. The largest absolute Gasteiger partial charge is 0.481 e. The molecule has 13 heteroatoms. The zero-order valence-corrected chi connectivity index (χ0v) is 36.7. The van der Waals surface area contributed by atoms with Crippen LogP contribution in [0.5, 0.6) is 0 Å². The Hall–Kier alpha value is -4.21. The third kappa shape index (κ3) is 9.88. The monoisotopic (exact) mass is 878 g/mol. The van der Waals surface area contributed by atoms with Crippen molar-refractivity contribution >= 4 is 82.2 Å². The number of carboxylic acids is 3. The quantitative estimate of drug-likeness (QED) is 0.0500. The summed E-state index contributed by atoms with van der Waals surface area (Å²) in [5.41, 5.74) is 3.56. The summed E-state index contributed by atoms with van der Waals surface area (Å²) in [5, 5.41) is 43.7. The van der Waals surface area contributed by atoms with E-state index in [0.29, 0.717) is 38.9 Å². The summed E-state index contributed by atoms with van der Waals surface area (Å²) in [4.78, 5) is 42.7. The fourth-order valence-electron chi connectivity index (χ4n) is 10.1. The molecule has 3 saturated heterocycles. The van der Waals surface area contributed by atoms with Crippen LogP contribution in [-0.4, -0.2) is 77.4 Å². The number of carbonyl (C=O) groups is 3. The van der Waals surface area contributed by atoms with Gasteiger partial charge in [-0.3, -0.25) is 19.3 Å². The molecular weight excluding hydrogens is 825 g/mol. The minimum absolute atomic E-state index is 0.152. The van der Waals surface area contributed by atoms with Gasteiger partial charge in [0, 0.05) is 48.4 Å². The third-order valence-electron chi connectivity index (χ3n) is 13.3. The van der Waals surface area contributed by atoms with Gasteiger partial charge in [-0.2, -0.15) is 0 Å². The Bertz CT molecular complexity index is 2250. The first kappa shape index (κ1) is 42.1. The maximum absolute atomic E-state index is 12.3. The first-order valence-corrected chi connectivity index (χ1v) is 24.1. The van der Waals surface area contributed by atoms with Gasteiger partial charge in [0.2, 0.25) is 0 Å². The topological polar surface area (TPSA) is 151 Å². The Kier molecular flexibility index (Phi) is 12.9. The highest BCUT2D eigenvalue weighted by atomic mass is 32.1. The molecule has 3 fully saturated rings. The van der Waals surface area contributed by atoms with Crippen LogP contribution in [0.3, 0.4) is 0 Å². The molecule has 0 bridgehead atoms. The molecule has 6 aromatic rings. The molecule has 3 aromatic carbocycles. The SMILES string of the molecule is O=C(O)[C@@H](Cc1cc2cc(CN(Cc3ccc4sc(C[C@H](C(=O)O)[C@H]5CCNC5)cc4c3)Cc3ccc4sc(C[C@H](C(=O)O)[C@H]5CCNC5)cc4c3)ccc2s1)[C@H]1CCNC1. The van der Waals surface area contributed by atoms with Crippen LogP contribution in [-0.2, 0) is 53.3 Å². The van der Waals surface area contributed by atoms with Gasteiger partial charge >= 0.3 is 17.9 Å². The maximum Gasteiger partial charge on any atom is 0.307 e. The van der Waals surface area contributed by atoms with Crippen LogP contribution in [0, 0.1) is 35.5 Å². The van der Waals surface area contributed by atoms with Gasteiger partial charge in [0.15, 0.2) is 0 Å². The molecule has 3 aromatic heterocycles. The molecular formula is C48H54N4O6S3. The molecule has 6 heterocycles. The molecule has 0 spiro atoms. The minimum Gasteiger partial charge on any atom is -0.481 e. The summed E-state index contributed by atoms with van der Waals surface area (Å²) in [6.07, 6.45) is 4.34. The van der Waals surface area contributed by atoms with Gasteiger partial charge in [0.1, 0.15) is 0 Å². The molecule has 6 N–H and O–H groups in total. The second kappa shape index (κ2) is 18.6. The Labute approximate surface area is 368 Å². The van der Waals surface area contributed by atoms with Crippen LogP contribution in [0.4, 0.5) is 0 Å². The highest BCUT2D eigenvalue weighted by Gasteiger charge is 2.33. The standard InChI is InChI=1S/C48H54N4O6S3/c53-46(54)40(31-7-10-49-22-31)19-37-16-34-13-28(1-4-43(34)59-37)25-52(26-29-2-5-44-35(14-29)17-38(60-44)20-41(47(55)56)32-8-11-50-23-32)27-30-3-6-45-36(15-30)18-39(61-45)21-42(48(57)58)33-9-12-51-24-33/h1-6,13-18,31-33,40-42,49-51H,7-12,19-27H2,(H,53,54)(H,55,56)(H,57,58)/t31-,32-,33-,40-,41-,42-/m0/s1. The fourth-order valence-corrected chi connectivity index (χ4v) is 13.4. The lowest BCUT2D eigenvalue weighted by atomic mass is 9.88. The van der Waals surface area contributed by atoms with Crippen molar-refractivity contribution < 1.29 is 29.7 Å². The first-order chi connectivity index (χ1) is 29.6. The van der Waals surface area contributed by atoms with E-state index >= 15 is 0 Å². The van der Waals surface area contributed by atoms with Crippen molar-refractivity contribution in [2.45, 2.75) is 58.2 Å². The van der Waals surface area contributed by atoms with Crippen LogP contribution >= 0.6 is 34.0 Å². The van der Waals surface area contributed by atoms with Crippen molar-refractivity contribution in [2.75, 3.05) is 39.3 Å². The Balaban J connectivity index is 0.966. The smallest absolute Gasteiger partial charge is 0.307 e. The molecule has 320 valence electrons. The van der Waals surface area contributed by atoms with E-state index in [1.54, 1.807) is 34.0 Å². The van der Waals surface area contributed by atoms with E-state index in [9.17, 15) is 29.7 Å². The number of nitrogens with one attached hydrogen (secondary N) is 3. The van der Waals surface area contributed by atoms with Crippen LogP contribution < -0.4 is 16.0 Å². The number of rotatable bonds is 18. The molecule has 3 aliphatic rings. The number of hydrogen-bond acceptors (Lipinski definition) is 10. The van der Waals surface area contributed by atoms with E-state index < -0.39 is 35.7 Å². The van der Waals surface area contributed by atoms with Gasteiger partial charge in [0.05, 0.1) is 17.8 Å². The molecule has 0 unspecified atom stereocenters. The number of carboxylic acid groups (broad SMARTS) is 3. The van der Waals surface area contributed by atoms with Crippen LogP contribution in [0.15, 0.2) is 72.8 Å². The first-order valence-electron chi connectivity index (χ1n) is 21.7. The highest BCUT2D eigenvalue weighted by molar-refractivity contribution is 7.19. The van der Waals surface area contributed by atoms with Crippen molar-refractivity contribution in [3.05, 3.63) is 104 Å². The lowest BCUT2D eigenvalue weighted by Gasteiger charge is -2.23. The summed E-state index contributed by atoms with van der Waals surface area (Å²) in [6.45, 7) is 7.03. The molecule has 6 atom stereocenters. The lowest BCUT2D eigenvalue weighted by molar-refractivity contribution is -0.144. The number of benzene rings is 3. The van der Waals surface area contributed by atoms with E-state index in [1.165, 1.54) is 30.8 Å². The van der Waals surface area contributed by atoms with Crippen LogP contribution in [0.1, 0.15) is 50.6 Å². The zero-order valence-electron chi connectivity index (χ0n) is 34.2. The van der Waals surface area contributed by atoms with Crippen molar-refractivity contribution in [3.63, 3.8) is 0 Å². The van der Waals surface area contributed by atoms with E-state index in [2.05, 4.69) is 93.6 Å². The van der Waals surface area contributed by atoms with Crippen molar-refractivity contribution in [1.29, 1.82) is 0 Å². The molecule has 3 aliphatic heterocycles. The molecule has 0 aliphatic carbocycles. The van der Waals surface area contributed by atoms with Crippen LogP contribution in [0.25, 0.3) is 30.3 Å². The van der Waals surface area contributed by atoms with Gasteiger partial charge in [-0.25, -0.2) is 0 Å². The molecule has 61 heavy (non-hydrogen) atoms. The summed E-state index contributed by atoms with van der Waals surface area (Å²) < 4.78 is 3.50. The van der Waals surface area contributed by atoms with Crippen LogP contribution in [0.2, 0.25) is 0 Å². The fraction of sp³-hybridized carbons (Fsp3) is 0.438. The van der Waals surface area contributed by atoms with E-state index in [4.69, 9.17) is 0 Å². The third-order valence-corrected chi connectivity index (χ3v) is 16.7. The van der Waals surface area contributed by atoms with Gasteiger partial charge in [-0.05, 0) is 183 Å². The molecule has 0 saturated carbocycles. The number of aliphatic carboxylic acids is 3. The predicted octanol–water partition coefficient (Wildman–Crippen LogP) is 8.09. The Morgan fingerprint density at radius 2 is 0.820 bits per heavy atom.